The Morgan fingerprint density at radius 1 is 1.18 bits per heavy atom. The van der Waals surface area contributed by atoms with E-state index in [1.807, 2.05) is 42.2 Å². The third-order valence-corrected chi connectivity index (χ3v) is 4.07. The topological polar surface area (TPSA) is 46.3 Å². The number of nitrogens with two attached hydrogens (primary N) is 1. The van der Waals surface area contributed by atoms with Gasteiger partial charge in [-0.3, -0.25) is 4.79 Å². The second-order valence-electron chi connectivity index (χ2n) is 5.75. The molecular formula is C19H24N2O. The van der Waals surface area contributed by atoms with Crippen LogP contribution in [0.25, 0.3) is 0 Å². The minimum absolute atomic E-state index is 0.0444. The number of rotatable bonds is 5. The van der Waals surface area contributed by atoms with Crippen molar-refractivity contribution in [2.45, 2.75) is 39.8 Å². The van der Waals surface area contributed by atoms with E-state index >= 15 is 0 Å². The molecule has 2 aromatic rings. The van der Waals surface area contributed by atoms with Crippen molar-refractivity contribution in [3.63, 3.8) is 0 Å². The van der Waals surface area contributed by atoms with Gasteiger partial charge in [-0.2, -0.15) is 0 Å². The van der Waals surface area contributed by atoms with Crippen molar-refractivity contribution in [2.75, 3.05) is 5.73 Å². The van der Waals surface area contributed by atoms with Crippen LogP contribution >= 0.6 is 0 Å². The van der Waals surface area contributed by atoms with Gasteiger partial charge in [0.05, 0.1) is 0 Å². The molecule has 0 saturated carbocycles. The molecule has 0 aromatic heterocycles. The van der Waals surface area contributed by atoms with Crippen molar-refractivity contribution >= 4 is 11.6 Å². The summed E-state index contributed by atoms with van der Waals surface area (Å²) in [4.78, 5) is 14.9. The number of carbonyl (C=O) groups excluding carboxylic acids is 1. The Morgan fingerprint density at radius 2 is 1.86 bits per heavy atom. The molecule has 0 heterocycles. The summed E-state index contributed by atoms with van der Waals surface area (Å²) >= 11 is 0. The summed E-state index contributed by atoms with van der Waals surface area (Å²) in [5, 5.41) is 0. The Morgan fingerprint density at radius 3 is 2.50 bits per heavy atom. The van der Waals surface area contributed by atoms with Crippen molar-refractivity contribution in [3.05, 3.63) is 65.2 Å². The fourth-order valence-corrected chi connectivity index (χ4v) is 2.45. The van der Waals surface area contributed by atoms with Crippen LogP contribution in [0.15, 0.2) is 48.5 Å². The largest absolute Gasteiger partial charge is 0.399 e. The van der Waals surface area contributed by atoms with E-state index in [2.05, 4.69) is 26.0 Å². The highest BCUT2D eigenvalue weighted by molar-refractivity contribution is 5.96. The van der Waals surface area contributed by atoms with E-state index in [0.29, 0.717) is 17.8 Å². The average Bonchev–Trinajstić information content (AvgIpc) is 2.54. The predicted molar refractivity (Wildman–Crippen MR) is 91.7 cm³/mol. The summed E-state index contributed by atoms with van der Waals surface area (Å²) in [6.45, 7) is 6.75. The summed E-state index contributed by atoms with van der Waals surface area (Å²) in [7, 11) is 0. The van der Waals surface area contributed by atoms with Crippen molar-refractivity contribution < 1.29 is 4.79 Å². The SMILES string of the molecule is CCC(C)N(Cc1ccccc1)C(=O)c1cc(N)ccc1C. The zero-order valence-electron chi connectivity index (χ0n) is 13.5. The summed E-state index contributed by atoms with van der Waals surface area (Å²) in [6.07, 6.45) is 0.917. The smallest absolute Gasteiger partial charge is 0.254 e. The number of anilines is 1. The van der Waals surface area contributed by atoms with Crippen LogP contribution in [0.5, 0.6) is 0 Å². The van der Waals surface area contributed by atoms with Crippen LogP contribution in [-0.2, 0) is 6.54 Å². The van der Waals surface area contributed by atoms with Gasteiger partial charge in [-0.25, -0.2) is 0 Å². The lowest BCUT2D eigenvalue weighted by molar-refractivity contribution is 0.0671. The molecule has 22 heavy (non-hydrogen) atoms. The third kappa shape index (κ3) is 3.67. The maximum absolute atomic E-state index is 13.0. The molecule has 2 aromatic carbocycles. The first kappa shape index (κ1) is 16.1. The molecule has 116 valence electrons. The van der Waals surface area contributed by atoms with Gasteiger partial charge in [0, 0.05) is 23.8 Å². The number of hydrogen-bond donors (Lipinski definition) is 1. The summed E-state index contributed by atoms with van der Waals surface area (Å²) in [6, 6.07) is 15.8. The zero-order valence-corrected chi connectivity index (χ0v) is 13.5. The highest BCUT2D eigenvalue weighted by Crippen LogP contribution is 2.19. The van der Waals surface area contributed by atoms with E-state index in [0.717, 1.165) is 17.5 Å². The Labute approximate surface area is 132 Å². The van der Waals surface area contributed by atoms with Crippen LogP contribution in [-0.4, -0.2) is 16.8 Å². The molecule has 0 bridgehead atoms. The van der Waals surface area contributed by atoms with Crippen LogP contribution in [0.1, 0.15) is 41.8 Å². The number of benzene rings is 2. The lowest BCUT2D eigenvalue weighted by atomic mass is 10.0. The monoisotopic (exact) mass is 296 g/mol. The Hall–Kier alpha value is -2.29. The normalized spacial score (nSPS) is 12.0. The summed E-state index contributed by atoms with van der Waals surface area (Å²) in [5.74, 6) is 0.0444. The van der Waals surface area contributed by atoms with Crippen LogP contribution in [0.4, 0.5) is 5.69 Å². The van der Waals surface area contributed by atoms with E-state index in [9.17, 15) is 4.79 Å². The number of nitrogen functional groups attached to an aromatic ring is 1. The molecule has 3 heteroatoms. The fourth-order valence-electron chi connectivity index (χ4n) is 2.45. The predicted octanol–water partition coefficient (Wildman–Crippen LogP) is 4.02. The molecule has 0 aliphatic rings. The fraction of sp³-hybridized carbons (Fsp3) is 0.316. The second-order valence-corrected chi connectivity index (χ2v) is 5.75. The van der Waals surface area contributed by atoms with Crippen LogP contribution in [0, 0.1) is 6.92 Å². The number of amides is 1. The van der Waals surface area contributed by atoms with E-state index in [1.54, 1.807) is 6.07 Å². The molecular weight excluding hydrogens is 272 g/mol. The minimum atomic E-state index is 0.0444. The highest BCUT2D eigenvalue weighted by Gasteiger charge is 2.22. The third-order valence-electron chi connectivity index (χ3n) is 4.07. The van der Waals surface area contributed by atoms with Gasteiger partial charge >= 0.3 is 0 Å². The van der Waals surface area contributed by atoms with Crippen LogP contribution in [0.3, 0.4) is 0 Å². The molecule has 1 atom stereocenters. The van der Waals surface area contributed by atoms with Gasteiger partial charge in [0.15, 0.2) is 0 Å². The first-order chi connectivity index (χ1) is 10.5. The Bertz CT molecular complexity index is 637. The van der Waals surface area contributed by atoms with Gasteiger partial charge in [0.1, 0.15) is 0 Å². The van der Waals surface area contributed by atoms with Crippen molar-refractivity contribution in [1.82, 2.24) is 4.90 Å². The molecule has 0 fully saturated rings. The Kier molecular flexibility index (Phi) is 5.21. The van der Waals surface area contributed by atoms with Gasteiger partial charge in [-0.1, -0.05) is 43.3 Å². The minimum Gasteiger partial charge on any atom is -0.399 e. The standard InChI is InChI=1S/C19H24N2O/c1-4-15(3)21(13-16-8-6-5-7-9-16)19(22)18-12-17(20)11-10-14(18)2/h5-12,15H,4,13,20H2,1-3H3. The van der Waals surface area contributed by atoms with E-state index in [4.69, 9.17) is 5.73 Å². The molecule has 0 saturated heterocycles. The number of nitrogens with zero attached hydrogens (tertiary/aromatic N) is 1. The van der Waals surface area contributed by atoms with Crippen LogP contribution in [0.2, 0.25) is 0 Å². The Balaban J connectivity index is 2.32. The van der Waals surface area contributed by atoms with Crippen LogP contribution < -0.4 is 5.73 Å². The molecule has 0 spiro atoms. The summed E-state index contributed by atoms with van der Waals surface area (Å²) in [5.41, 5.74) is 9.27. The van der Waals surface area contributed by atoms with E-state index < -0.39 is 0 Å². The van der Waals surface area contributed by atoms with E-state index in [-0.39, 0.29) is 11.9 Å². The first-order valence-corrected chi connectivity index (χ1v) is 7.74. The van der Waals surface area contributed by atoms with Crippen molar-refractivity contribution in [3.8, 4) is 0 Å². The van der Waals surface area contributed by atoms with Gasteiger partial charge in [-0.15, -0.1) is 0 Å². The van der Waals surface area contributed by atoms with Gasteiger partial charge in [0.25, 0.3) is 5.91 Å². The molecule has 1 amide bonds. The zero-order chi connectivity index (χ0) is 16.1. The van der Waals surface area contributed by atoms with Gasteiger partial charge in [0.2, 0.25) is 0 Å². The molecule has 0 aliphatic carbocycles. The molecule has 1 unspecified atom stereocenters. The molecule has 2 N–H and O–H groups in total. The summed E-state index contributed by atoms with van der Waals surface area (Å²) < 4.78 is 0. The number of carbonyl (C=O) groups is 1. The average molecular weight is 296 g/mol. The molecule has 2 rings (SSSR count). The number of aryl methyl sites for hydroxylation is 1. The maximum atomic E-state index is 13.0. The molecule has 0 aliphatic heterocycles. The number of hydrogen-bond acceptors (Lipinski definition) is 2. The van der Waals surface area contributed by atoms with Crippen molar-refractivity contribution in [2.24, 2.45) is 0 Å². The lowest BCUT2D eigenvalue weighted by Gasteiger charge is -2.29. The van der Waals surface area contributed by atoms with Crippen molar-refractivity contribution in [1.29, 1.82) is 0 Å². The second kappa shape index (κ2) is 7.12. The van der Waals surface area contributed by atoms with E-state index in [1.165, 1.54) is 0 Å². The quantitative estimate of drug-likeness (QED) is 0.847. The first-order valence-electron chi connectivity index (χ1n) is 7.74. The maximum Gasteiger partial charge on any atom is 0.254 e. The lowest BCUT2D eigenvalue weighted by Crippen LogP contribution is -2.38. The highest BCUT2D eigenvalue weighted by atomic mass is 16.2. The van der Waals surface area contributed by atoms with Gasteiger partial charge < -0.3 is 10.6 Å². The molecule has 3 nitrogen and oxygen atoms in total. The molecule has 0 radical (unpaired) electrons. The van der Waals surface area contributed by atoms with Gasteiger partial charge in [-0.05, 0) is 43.5 Å².